The number of methoxy groups -OCH3 is 1. The number of benzene rings is 3. The summed E-state index contributed by atoms with van der Waals surface area (Å²) in [6.07, 6.45) is -4.50. The first-order chi connectivity index (χ1) is 14.3. The van der Waals surface area contributed by atoms with Gasteiger partial charge in [0.05, 0.1) is 17.7 Å². The summed E-state index contributed by atoms with van der Waals surface area (Å²) >= 11 is 6.08. The van der Waals surface area contributed by atoms with E-state index >= 15 is 0 Å². The van der Waals surface area contributed by atoms with Gasteiger partial charge in [0.25, 0.3) is 5.91 Å². The normalized spacial score (nSPS) is 11.1. The van der Waals surface area contributed by atoms with E-state index < -0.39 is 17.6 Å². The maximum absolute atomic E-state index is 12.9. The average molecular weight is 436 g/mol. The summed E-state index contributed by atoms with van der Waals surface area (Å²) < 4.78 is 49.6. The van der Waals surface area contributed by atoms with E-state index in [9.17, 15) is 18.0 Å². The van der Waals surface area contributed by atoms with E-state index in [1.54, 1.807) is 36.4 Å². The van der Waals surface area contributed by atoms with Gasteiger partial charge in [-0.1, -0.05) is 29.8 Å². The molecule has 0 aromatic heterocycles. The third kappa shape index (κ3) is 5.24. The van der Waals surface area contributed by atoms with Gasteiger partial charge in [0.1, 0.15) is 18.1 Å². The van der Waals surface area contributed by atoms with Gasteiger partial charge >= 0.3 is 6.18 Å². The number of carbonyl (C=O) groups is 1. The summed E-state index contributed by atoms with van der Waals surface area (Å²) in [7, 11) is 1.48. The maximum atomic E-state index is 12.9. The third-order valence-corrected chi connectivity index (χ3v) is 4.52. The average Bonchev–Trinajstić information content (AvgIpc) is 2.72. The number of hydrogen-bond acceptors (Lipinski definition) is 3. The molecule has 0 heterocycles. The van der Waals surface area contributed by atoms with Crippen LogP contribution in [-0.4, -0.2) is 13.0 Å². The highest BCUT2D eigenvalue weighted by Crippen LogP contribution is 2.31. The zero-order valence-corrected chi connectivity index (χ0v) is 16.6. The van der Waals surface area contributed by atoms with Gasteiger partial charge in [-0.2, -0.15) is 13.2 Å². The van der Waals surface area contributed by atoms with Gasteiger partial charge in [0.15, 0.2) is 0 Å². The third-order valence-electron chi connectivity index (χ3n) is 4.21. The molecule has 0 spiro atoms. The second-order valence-corrected chi connectivity index (χ2v) is 6.69. The van der Waals surface area contributed by atoms with Crippen LogP contribution in [0.1, 0.15) is 21.5 Å². The molecule has 1 amide bonds. The lowest BCUT2D eigenvalue weighted by atomic mass is 10.1. The molecule has 0 saturated heterocycles. The molecule has 0 bridgehead atoms. The van der Waals surface area contributed by atoms with E-state index in [-0.39, 0.29) is 17.9 Å². The predicted molar refractivity (Wildman–Crippen MR) is 108 cm³/mol. The molecule has 8 heteroatoms. The van der Waals surface area contributed by atoms with Crippen LogP contribution in [0.5, 0.6) is 11.5 Å². The summed E-state index contributed by atoms with van der Waals surface area (Å²) in [5.74, 6) is 0.411. The molecule has 0 radical (unpaired) electrons. The van der Waals surface area contributed by atoms with Crippen LogP contribution >= 0.6 is 11.6 Å². The molecule has 30 heavy (non-hydrogen) atoms. The van der Waals surface area contributed by atoms with Crippen LogP contribution < -0.4 is 14.8 Å². The fourth-order valence-corrected chi connectivity index (χ4v) is 2.92. The maximum Gasteiger partial charge on any atom is 0.416 e. The second kappa shape index (κ2) is 9.09. The van der Waals surface area contributed by atoms with Gasteiger partial charge in [-0.3, -0.25) is 4.79 Å². The summed E-state index contributed by atoms with van der Waals surface area (Å²) in [6.45, 7) is 0.0809. The number of carbonyl (C=O) groups excluding carboxylic acids is 1. The van der Waals surface area contributed by atoms with E-state index in [0.717, 1.165) is 12.1 Å². The summed E-state index contributed by atoms with van der Waals surface area (Å²) in [5, 5.41) is 2.92. The molecule has 3 rings (SSSR count). The number of ether oxygens (including phenoxy) is 2. The SMILES string of the molecule is COc1ccc(C(=O)Nc2cccc(C(F)(F)F)c2)cc1COc1ccccc1Cl. The first-order valence-corrected chi connectivity index (χ1v) is 9.18. The van der Waals surface area contributed by atoms with Crippen molar-refractivity contribution in [2.75, 3.05) is 12.4 Å². The van der Waals surface area contributed by atoms with E-state index in [4.69, 9.17) is 21.1 Å². The Morgan fingerprint density at radius 2 is 1.77 bits per heavy atom. The van der Waals surface area contributed by atoms with E-state index in [1.165, 1.54) is 25.3 Å². The molecular formula is C22H17ClF3NO3. The Labute approximate surface area is 176 Å². The smallest absolute Gasteiger partial charge is 0.416 e. The van der Waals surface area contributed by atoms with Crippen LogP contribution in [0.4, 0.5) is 18.9 Å². The van der Waals surface area contributed by atoms with Gasteiger partial charge in [-0.25, -0.2) is 0 Å². The van der Waals surface area contributed by atoms with Gasteiger partial charge in [0, 0.05) is 16.8 Å². The van der Waals surface area contributed by atoms with Gasteiger partial charge in [0.2, 0.25) is 0 Å². The number of amides is 1. The van der Waals surface area contributed by atoms with Crippen molar-refractivity contribution < 1.29 is 27.4 Å². The van der Waals surface area contributed by atoms with Crippen molar-refractivity contribution in [1.82, 2.24) is 0 Å². The lowest BCUT2D eigenvalue weighted by molar-refractivity contribution is -0.137. The van der Waals surface area contributed by atoms with Gasteiger partial charge in [-0.05, 0) is 48.5 Å². The van der Waals surface area contributed by atoms with Crippen LogP contribution in [0, 0.1) is 0 Å². The highest BCUT2D eigenvalue weighted by Gasteiger charge is 2.30. The number of anilines is 1. The second-order valence-electron chi connectivity index (χ2n) is 6.28. The number of halogens is 4. The molecule has 3 aromatic rings. The first-order valence-electron chi connectivity index (χ1n) is 8.81. The largest absolute Gasteiger partial charge is 0.496 e. The zero-order chi connectivity index (χ0) is 21.7. The van der Waals surface area contributed by atoms with Gasteiger partial charge < -0.3 is 14.8 Å². The Kier molecular flexibility index (Phi) is 6.52. The Morgan fingerprint density at radius 3 is 2.47 bits per heavy atom. The van der Waals surface area contributed by atoms with Crippen LogP contribution in [-0.2, 0) is 12.8 Å². The standard InChI is InChI=1S/C22H17ClF3NO3/c1-29-19-10-9-14(11-15(19)13-30-20-8-3-2-7-18(20)23)21(28)27-17-6-4-5-16(12-17)22(24,25)26/h2-12H,13H2,1H3,(H,27,28). The Morgan fingerprint density at radius 1 is 1.00 bits per heavy atom. The lowest BCUT2D eigenvalue weighted by Crippen LogP contribution is -2.14. The van der Waals surface area contributed by atoms with Crippen molar-refractivity contribution in [3.05, 3.63) is 88.4 Å². The molecule has 3 aromatic carbocycles. The topological polar surface area (TPSA) is 47.6 Å². The number of rotatable bonds is 6. The molecule has 0 aliphatic rings. The monoisotopic (exact) mass is 435 g/mol. The molecule has 0 aliphatic carbocycles. The van der Waals surface area contributed by atoms with Crippen LogP contribution in [0.2, 0.25) is 5.02 Å². The first kappa shape index (κ1) is 21.5. The summed E-state index contributed by atoms with van der Waals surface area (Å²) in [4.78, 5) is 12.6. The number of para-hydroxylation sites is 1. The van der Waals surface area contributed by atoms with Crippen molar-refractivity contribution in [2.45, 2.75) is 12.8 Å². The van der Waals surface area contributed by atoms with Crippen LogP contribution in [0.15, 0.2) is 66.7 Å². The number of nitrogens with one attached hydrogen (secondary N) is 1. The zero-order valence-electron chi connectivity index (χ0n) is 15.8. The fourth-order valence-electron chi connectivity index (χ4n) is 2.73. The summed E-state index contributed by atoms with van der Waals surface area (Å²) in [5.41, 5.74) is 0.0171. The summed E-state index contributed by atoms with van der Waals surface area (Å²) in [6, 6.07) is 16.0. The predicted octanol–water partition coefficient (Wildman–Crippen LogP) is 6.20. The number of hydrogen-bond donors (Lipinski definition) is 1. The molecule has 0 saturated carbocycles. The molecule has 0 aliphatic heterocycles. The molecule has 0 atom stereocenters. The fraction of sp³-hybridized carbons (Fsp3) is 0.136. The molecular weight excluding hydrogens is 419 g/mol. The van der Waals surface area contributed by atoms with Crippen molar-refractivity contribution in [2.24, 2.45) is 0 Å². The minimum Gasteiger partial charge on any atom is -0.496 e. The van der Waals surface area contributed by atoms with Crippen molar-refractivity contribution in [1.29, 1.82) is 0 Å². The van der Waals surface area contributed by atoms with E-state index in [2.05, 4.69) is 5.32 Å². The highest BCUT2D eigenvalue weighted by molar-refractivity contribution is 6.32. The number of alkyl halides is 3. The minimum absolute atomic E-state index is 0.0412. The van der Waals surface area contributed by atoms with Crippen LogP contribution in [0.3, 0.4) is 0 Å². The van der Waals surface area contributed by atoms with Crippen molar-refractivity contribution >= 4 is 23.2 Å². The molecule has 4 nitrogen and oxygen atoms in total. The Balaban J connectivity index is 1.78. The van der Waals surface area contributed by atoms with E-state index in [0.29, 0.717) is 22.1 Å². The Bertz CT molecular complexity index is 1050. The lowest BCUT2D eigenvalue weighted by Gasteiger charge is -2.13. The van der Waals surface area contributed by atoms with E-state index in [1.807, 2.05) is 0 Å². The minimum atomic E-state index is -4.50. The molecule has 156 valence electrons. The Hall–Kier alpha value is -3.19. The highest BCUT2D eigenvalue weighted by atomic mass is 35.5. The molecule has 1 N–H and O–H groups in total. The van der Waals surface area contributed by atoms with Crippen molar-refractivity contribution in [3.63, 3.8) is 0 Å². The molecule has 0 unspecified atom stereocenters. The quantitative estimate of drug-likeness (QED) is 0.501. The van der Waals surface area contributed by atoms with Gasteiger partial charge in [-0.15, -0.1) is 0 Å². The van der Waals surface area contributed by atoms with Crippen molar-refractivity contribution in [3.8, 4) is 11.5 Å². The molecule has 0 fully saturated rings. The van der Waals surface area contributed by atoms with Crippen LogP contribution in [0.25, 0.3) is 0 Å².